The summed E-state index contributed by atoms with van der Waals surface area (Å²) in [4.78, 5) is 32.8. The number of benzene rings is 1. The molecule has 0 spiro atoms. The van der Waals surface area contributed by atoms with Gasteiger partial charge >= 0.3 is 6.03 Å². The van der Waals surface area contributed by atoms with Gasteiger partial charge in [0, 0.05) is 31.9 Å². The molecule has 0 unspecified atom stereocenters. The lowest BCUT2D eigenvalue weighted by Crippen LogP contribution is -2.51. The van der Waals surface area contributed by atoms with Crippen molar-refractivity contribution in [1.82, 2.24) is 14.8 Å². The van der Waals surface area contributed by atoms with E-state index in [2.05, 4.69) is 10.3 Å². The van der Waals surface area contributed by atoms with E-state index in [9.17, 15) is 14.0 Å². The number of anilines is 1. The molecule has 3 amide bonds. The number of nitrogens with one attached hydrogen (secondary N) is 1. The van der Waals surface area contributed by atoms with Crippen LogP contribution in [0.5, 0.6) is 0 Å². The molecule has 1 saturated heterocycles. The molecule has 2 aromatic rings. The number of carbonyl (C=O) groups excluding carboxylic acids is 2. The Morgan fingerprint density at radius 2 is 1.75 bits per heavy atom. The van der Waals surface area contributed by atoms with E-state index in [0.717, 1.165) is 5.69 Å². The van der Waals surface area contributed by atoms with Gasteiger partial charge in [-0.15, -0.1) is 11.3 Å². The number of rotatable bonds is 2. The van der Waals surface area contributed by atoms with E-state index in [-0.39, 0.29) is 17.8 Å². The topological polar surface area (TPSA) is 65.5 Å². The second kappa shape index (κ2) is 6.96. The molecule has 0 bridgehead atoms. The lowest BCUT2D eigenvalue weighted by atomic mass is 10.2. The number of aromatic nitrogens is 1. The molecule has 1 N–H and O–H groups in total. The van der Waals surface area contributed by atoms with Crippen LogP contribution < -0.4 is 5.32 Å². The van der Waals surface area contributed by atoms with Gasteiger partial charge in [-0.05, 0) is 31.2 Å². The Bertz CT molecular complexity index is 739. The molecule has 1 aliphatic rings. The number of hydrogen-bond acceptors (Lipinski definition) is 4. The summed E-state index contributed by atoms with van der Waals surface area (Å²) in [5.41, 5.74) is 2.94. The lowest BCUT2D eigenvalue weighted by molar-refractivity contribution is 0.0675. The second-order valence-electron chi connectivity index (χ2n) is 5.48. The number of hydrogen-bond donors (Lipinski definition) is 1. The van der Waals surface area contributed by atoms with Crippen LogP contribution in [0, 0.1) is 12.7 Å². The molecule has 8 heteroatoms. The molecule has 3 rings (SSSR count). The summed E-state index contributed by atoms with van der Waals surface area (Å²) in [5, 5.41) is 2.73. The zero-order valence-electron chi connectivity index (χ0n) is 13.2. The summed E-state index contributed by atoms with van der Waals surface area (Å²) in [7, 11) is 0. The Hall–Kier alpha value is -2.48. The van der Waals surface area contributed by atoms with E-state index >= 15 is 0 Å². The maximum atomic E-state index is 12.9. The molecular formula is C16H17FN4O2S. The molecular weight excluding hydrogens is 331 g/mol. The third-order valence-electron chi connectivity index (χ3n) is 3.89. The van der Waals surface area contributed by atoms with Crippen LogP contribution in [-0.2, 0) is 0 Å². The van der Waals surface area contributed by atoms with E-state index < -0.39 is 0 Å². The van der Waals surface area contributed by atoms with Crippen LogP contribution in [0.3, 0.4) is 0 Å². The van der Waals surface area contributed by atoms with Crippen molar-refractivity contribution in [1.29, 1.82) is 0 Å². The molecule has 126 valence electrons. The van der Waals surface area contributed by atoms with E-state index in [4.69, 9.17) is 0 Å². The minimum atomic E-state index is -0.349. The summed E-state index contributed by atoms with van der Waals surface area (Å²) in [6.45, 7) is 3.68. The molecule has 1 aromatic carbocycles. The van der Waals surface area contributed by atoms with Gasteiger partial charge in [0.15, 0.2) is 0 Å². The summed E-state index contributed by atoms with van der Waals surface area (Å²) in [6, 6.07) is 5.37. The van der Waals surface area contributed by atoms with Crippen LogP contribution >= 0.6 is 11.3 Å². The van der Waals surface area contributed by atoms with Crippen LogP contribution in [0.25, 0.3) is 0 Å². The number of thiazole rings is 1. The minimum Gasteiger partial charge on any atom is -0.334 e. The van der Waals surface area contributed by atoms with E-state index in [1.807, 2.05) is 6.92 Å². The van der Waals surface area contributed by atoms with Crippen molar-refractivity contribution in [2.75, 3.05) is 31.5 Å². The highest BCUT2D eigenvalue weighted by atomic mass is 32.1. The fourth-order valence-corrected chi connectivity index (χ4v) is 3.27. The molecule has 2 heterocycles. The van der Waals surface area contributed by atoms with Crippen molar-refractivity contribution in [3.8, 4) is 0 Å². The number of urea groups is 1. The minimum absolute atomic E-state index is 0.0337. The summed E-state index contributed by atoms with van der Waals surface area (Å²) in [6.07, 6.45) is 0. The number of carbonyl (C=O) groups is 2. The highest BCUT2D eigenvalue weighted by molar-refractivity contribution is 7.11. The van der Waals surface area contributed by atoms with Crippen molar-refractivity contribution in [3.05, 3.63) is 46.2 Å². The van der Waals surface area contributed by atoms with Gasteiger partial charge in [-0.2, -0.15) is 0 Å². The van der Waals surface area contributed by atoms with Gasteiger partial charge in [0.25, 0.3) is 5.91 Å². The van der Waals surface area contributed by atoms with Crippen LogP contribution in [0.1, 0.15) is 15.4 Å². The quantitative estimate of drug-likeness (QED) is 0.907. The molecule has 0 aliphatic carbocycles. The van der Waals surface area contributed by atoms with Crippen molar-refractivity contribution >= 4 is 29.0 Å². The van der Waals surface area contributed by atoms with Gasteiger partial charge < -0.3 is 15.1 Å². The second-order valence-corrected chi connectivity index (χ2v) is 6.34. The average Bonchev–Trinajstić information content (AvgIpc) is 3.02. The smallest absolute Gasteiger partial charge is 0.321 e. The van der Waals surface area contributed by atoms with Gasteiger partial charge in [-0.25, -0.2) is 14.2 Å². The van der Waals surface area contributed by atoms with Crippen molar-refractivity contribution in [2.24, 2.45) is 0 Å². The third kappa shape index (κ3) is 3.53. The van der Waals surface area contributed by atoms with Crippen LogP contribution in [0.2, 0.25) is 0 Å². The Morgan fingerprint density at radius 3 is 2.33 bits per heavy atom. The zero-order chi connectivity index (χ0) is 17.1. The lowest BCUT2D eigenvalue weighted by Gasteiger charge is -2.34. The van der Waals surface area contributed by atoms with Crippen molar-refractivity contribution in [3.63, 3.8) is 0 Å². The molecule has 0 atom stereocenters. The van der Waals surface area contributed by atoms with Crippen LogP contribution in [0.15, 0.2) is 29.8 Å². The third-order valence-corrected chi connectivity index (χ3v) is 4.81. The van der Waals surface area contributed by atoms with Gasteiger partial charge in [0.05, 0.1) is 11.2 Å². The Morgan fingerprint density at radius 1 is 1.12 bits per heavy atom. The summed E-state index contributed by atoms with van der Waals surface area (Å²) < 4.78 is 12.9. The van der Waals surface area contributed by atoms with E-state index in [1.165, 1.54) is 35.6 Å². The van der Waals surface area contributed by atoms with Crippen molar-refractivity contribution in [2.45, 2.75) is 6.92 Å². The first-order valence-corrected chi connectivity index (χ1v) is 8.43. The number of amides is 3. The Labute approximate surface area is 142 Å². The fraction of sp³-hybridized carbons (Fsp3) is 0.312. The molecule has 24 heavy (non-hydrogen) atoms. The molecule has 0 radical (unpaired) electrons. The highest BCUT2D eigenvalue weighted by Crippen LogP contribution is 2.17. The summed E-state index contributed by atoms with van der Waals surface area (Å²) in [5.74, 6) is -0.382. The predicted octanol–water partition coefficient (Wildman–Crippen LogP) is 2.58. The van der Waals surface area contributed by atoms with Crippen molar-refractivity contribution < 1.29 is 14.0 Å². The molecule has 6 nitrogen and oxygen atoms in total. The number of piperazine rings is 1. The maximum Gasteiger partial charge on any atom is 0.321 e. The highest BCUT2D eigenvalue weighted by Gasteiger charge is 2.26. The van der Waals surface area contributed by atoms with E-state index in [0.29, 0.717) is 36.7 Å². The van der Waals surface area contributed by atoms with Crippen LogP contribution in [0.4, 0.5) is 14.9 Å². The standard InChI is InChI=1S/C16H17FN4O2S/c1-11-14(24-10-18-11)15(22)20-6-8-21(9-7-20)16(23)19-13-4-2-12(17)3-5-13/h2-5,10H,6-9H2,1H3,(H,19,23). The van der Waals surface area contributed by atoms with Gasteiger partial charge in [-0.1, -0.05) is 0 Å². The first-order valence-electron chi connectivity index (χ1n) is 7.55. The fourth-order valence-electron chi connectivity index (χ4n) is 2.50. The molecule has 0 saturated carbocycles. The number of halogens is 1. The number of nitrogens with zero attached hydrogens (tertiary/aromatic N) is 3. The van der Waals surface area contributed by atoms with Gasteiger partial charge in [-0.3, -0.25) is 4.79 Å². The van der Waals surface area contributed by atoms with Gasteiger partial charge in [0.2, 0.25) is 0 Å². The largest absolute Gasteiger partial charge is 0.334 e. The average molecular weight is 348 g/mol. The summed E-state index contributed by atoms with van der Waals surface area (Å²) >= 11 is 1.34. The zero-order valence-corrected chi connectivity index (χ0v) is 14.0. The predicted molar refractivity (Wildman–Crippen MR) is 89.7 cm³/mol. The van der Waals surface area contributed by atoms with E-state index in [1.54, 1.807) is 15.3 Å². The molecule has 1 aromatic heterocycles. The normalized spacial score (nSPS) is 14.6. The van der Waals surface area contributed by atoms with Crippen LogP contribution in [-0.4, -0.2) is 52.9 Å². The SMILES string of the molecule is Cc1ncsc1C(=O)N1CCN(C(=O)Nc2ccc(F)cc2)CC1. The first kappa shape index (κ1) is 16.4. The molecule has 1 aliphatic heterocycles. The Balaban J connectivity index is 1.55. The maximum absolute atomic E-state index is 12.9. The monoisotopic (exact) mass is 348 g/mol. The Kier molecular flexibility index (Phi) is 4.75. The number of aryl methyl sites for hydroxylation is 1. The molecule has 1 fully saturated rings. The first-order chi connectivity index (χ1) is 11.5. The van der Waals surface area contributed by atoms with Gasteiger partial charge in [0.1, 0.15) is 10.7 Å².